The number of hydrogen-bond donors (Lipinski definition) is 1. The number of pyridine rings is 1. The zero-order chi connectivity index (χ0) is 17.5. The average Bonchev–Trinajstić information content (AvgIpc) is 2.87. The predicted molar refractivity (Wildman–Crippen MR) is 93.1 cm³/mol. The number of fused-ring (bicyclic) bond motifs is 1. The minimum Gasteiger partial charge on any atom is -0.375 e. The molecule has 0 saturated heterocycles. The highest BCUT2D eigenvalue weighted by Crippen LogP contribution is 2.34. The normalized spacial score (nSPS) is 11.7. The van der Waals surface area contributed by atoms with Crippen molar-refractivity contribution in [2.75, 3.05) is 23.7 Å². The Hall–Kier alpha value is -2.32. The standard InChI is InChI=1S/C15H15ClN4O3S/c1-9-11-7-10(8-17-15(11)23-18-9)24(21,22)19-13-6-4-5-12(16)14(13)20(2)3/h4-8,19H,1-3H3. The van der Waals surface area contributed by atoms with Crippen LogP contribution in [-0.4, -0.2) is 32.7 Å². The van der Waals surface area contributed by atoms with Gasteiger partial charge in [0.1, 0.15) is 4.90 Å². The van der Waals surface area contributed by atoms with Crippen LogP contribution in [0.15, 0.2) is 39.9 Å². The van der Waals surface area contributed by atoms with Gasteiger partial charge in [-0.2, -0.15) is 0 Å². The van der Waals surface area contributed by atoms with Crippen LogP contribution in [0, 0.1) is 6.92 Å². The fourth-order valence-corrected chi connectivity index (χ4v) is 3.71. The topological polar surface area (TPSA) is 88.3 Å². The number of halogens is 1. The van der Waals surface area contributed by atoms with Gasteiger partial charge < -0.3 is 9.42 Å². The molecule has 0 bridgehead atoms. The van der Waals surface area contributed by atoms with E-state index in [1.807, 2.05) is 0 Å². The van der Waals surface area contributed by atoms with Gasteiger partial charge in [0.25, 0.3) is 15.7 Å². The summed E-state index contributed by atoms with van der Waals surface area (Å²) in [5, 5.41) is 4.78. The van der Waals surface area contributed by atoms with Crippen LogP contribution in [0.3, 0.4) is 0 Å². The molecular weight excluding hydrogens is 352 g/mol. The second-order valence-corrected chi connectivity index (χ2v) is 7.52. The number of aromatic nitrogens is 2. The highest BCUT2D eigenvalue weighted by Gasteiger charge is 2.20. The van der Waals surface area contributed by atoms with E-state index in [1.165, 1.54) is 12.3 Å². The van der Waals surface area contributed by atoms with Crippen LogP contribution in [0.4, 0.5) is 11.4 Å². The summed E-state index contributed by atoms with van der Waals surface area (Å²) in [5.74, 6) is 0. The average molecular weight is 367 g/mol. The SMILES string of the molecule is Cc1noc2ncc(S(=O)(=O)Nc3cccc(Cl)c3N(C)C)cc12. The van der Waals surface area contributed by atoms with Crippen LogP contribution >= 0.6 is 11.6 Å². The molecule has 0 fully saturated rings. The highest BCUT2D eigenvalue weighted by atomic mass is 35.5. The van der Waals surface area contributed by atoms with E-state index in [0.29, 0.717) is 33.2 Å². The van der Waals surface area contributed by atoms with Crippen LogP contribution in [0.25, 0.3) is 11.1 Å². The molecule has 1 N–H and O–H groups in total. The molecule has 126 valence electrons. The van der Waals surface area contributed by atoms with Gasteiger partial charge in [-0.3, -0.25) is 4.72 Å². The summed E-state index contributed by atoms with van der Waals surface area (Å²) in [4.78, 5) is 5.76. The van der Waals surface area contributed by atoms with Crippen molar-refractivity contribution in [3.8, 4) is 0 Å². The monoisotopic (exact) mass is 366 g/mol. The molecular formula is C15H15ClN4O3S. The molecule has 1 aromatic carbocycles. The Labute approximate surface area is 144 Å². The molecule has 7 nitrogen and oxygen atoms in total. The van der Waals surface area contributed by atoms with Gasteiger partial charge in [-0.25, -0.2) is 13.4 Å². The first-order valence-electron chi connectivity index (χ1n) is 7.00. The highest BCUT2D eigenvalue weighted by molar-refractivity contribution is 7.92. The Balaban J connectivity index is 2.05. The number of para-hydroxylation sites is 1. The third-order valence-electron chi connectivity index (χ3n) is 3.47. The van der Waals surface area contributed by atoms with Crippen molar-refractivity contribution in [2.24, 2.45) is 0 Å². The maximum Gasteiger partial charge on any atom is 0.263 e. The first-order chi connectivity index (χ1) is 11.3. The second-order valence-electron chi connectivity index (χ2n) is 5.43. The summed E-state index contributed by atoms with van der Waals surface area (Å²) in [6.07, 6.45) is 1.23. The van der Waals surface area contributed by atoms with Crippen molar-refractivity contribution in [1.82, 2.24) is 10.1 Å². The van der Waals surface area contributed by atoms with Crippen molar-refractivity contribution in [1.29, 1.82) is 0 Å². The number of anilines is 2. The summed E-state index contributed by atoms with van der Waals surface area (Å²) < 4.78 is 33.0. The number of nitrogens with zero attached hydrogens (tertiary/aromatic N) is 3. The molecule has 0 aliphatic heterocycles. The second kappa shape index (κ2) is 5.95. The molecule has 0 radical (unpaired) electrons. The van der Waals surface area contributed by atoms with Crippen LogP contribution in [0.5, 0.6) is 0 Å². The lowest BCUT2D eigenvalue weighted by Crippen LogP contribution is -2.17. The summed E-state index contributed by atoms with van der Waals surface area (Å²) in [7, 11) is -0.270. The maximum absolute atomic E-state index is 12.7. The van der Waals surface area contributed by atoms with Crippen LogP contribution in [0.1, 0.15) is 5.69 Å². The van der Waals surface area contributed by atoms with E-state index in [4.69, 9.17) is 16.1 Å². The van der Waals surface area contributed by atoms with Gasteiger partial charge in [0.2, 0.25) is 0 Å². The Kier molecular flexibility index (Phi) is 4.10. The smallest absolute Gasteiger partial charge is 0.263 e. The third-order valence-corrected chi connectivity index (χ3v) is 5.11. The quantitative estimate of drug-likeness (QED) is 0.763. The lowest BCUT2D eigenvalue weighted by Gasteiger charge is -2.19. The molecule has 9 heteroatoms. The lowest BCUT2D eigenvalue weighted by atomic mass is 10.2. The molecule has 0 spiro atoms. The zero-order valence-electron chi connectivity index (χ0n) is 13.2. The largest absolute Gasteiger partial charge is 0.375 e. The molecule has 24 heavy (non-hydrogen) atoms. The minimum atomic E-state index is -3.84. The molecule has 0 unspecified atom stereocenters. The number of hydrogen-bond acceptors (Lipinski definition) is 6. The van der Waals surface area contributed by atoms with Gasteiger partial charge in [0, 0.05) is 14.1 Å². The molecule has 0 aliphatic carbocycles. The maximum atomic E-state index is 12.7. The molecule has 0 aliphatic rings. The molecule has 2 aromatic heterocycles. The fraction of sp³-hybridized carbons (Fsp3) is 0.200. The lowest BCUT2D eigenvalue weighted by molar-refractivity contribution is 0.442. The van der Waals surface area contributed by atoms with E-state index in [0.717, 1.165) is 0 Å². The summed E-state index contributed by atoms with van der Waals surface area (Å²) >= 11 is 6.17. The summed E-state index contributed by atoms with van der Waals surface area (Å²) in [6.45, 7) is 1.72. The molecule has 3 aromatic rings. The van der Waals surface area contributed by atoms with Gasteiger partial charge >= 0.3 is 0 Å². The van der Waals surface area contributed by atoms with Crippen molar-refractivity contribution < 1.29 is 12.9 Å². The van der Waals surface area contributed by atoms with Crippen molar-refractivity contribution in [3.63, 3.8) is 0 Å². The summed E-state index contributed by atoms with van der Waals surface area (Å²) in [6, 6.07) is 6.51. The van der Waals surface area contributed by atoms with Gasteiger partial charge in [0.05, 0.1) is 33.7 Å². The molecule has 0 atom stereocenters. The Morgan fingerprint density at radius 1 is 1.29 bits per heavy atom. The molecule has 3 rings (SSSR count). The predicted octanol–water partition coefficient (Wildman–Crippen LogP) is 3.05. The Morgan fingerprint density at radius 2 is 2.04 bits per heavy atom. The summed E-state index contributed by atoms with van der Waals surface area (Å²) in [5.41, 5.74) is 1.84. The van der Waals surface area contributed by atoms with Crippen LogP contribution in [-0.2, 0) is 10.0 Å². The number of aryl methyl sites for hydroxylation is 1. The van der Waals surface area contributed by atoms with E-state index < -0.39 is 10.0 Å². The van der Waals surface area contributed by atoms with E-state index in [9.17, 15) is 8.42 Å². The van der Waals surface area contributed by atoms with Crippen LogP contribution < -0.4 is 9.62 Å². The van der Waals surface area contributed by atoms with Gasteiger partial charge in [-0.15, -0.1) is 0 Å². The van der Waals surface area contributed by atoms with Gasteiger partial charge in [-0.05, 0) is 25.1 Å². The van der Waals surface area contributed by atoms with Crippen molar-refractivity contribution in [2.45, 2.75) is 11.8 Å². The molecule has 2 heterocycles. The number of nitrogens with one attached hydrogen (secondary N) is 1. The first kappa shape index (κ1) is 16.5. The van der Waals surface area contributed by atoms with Gasteiger partial charge in [-0.1, -0.05) is 22.8 Å². The minimum absolute atomic E-state index is 0.0194. The van der Waals surface area contributed by atoms with E-state index >= 15 is 0 Å². The van der Waals surface area contributed by atoms with Crippen molar-refractivity contribution in [3.05, 3.63) is 41.2 Å². The number of benzene rings is 1. The Morgan fingerprint density at radius 3 is 2.75 bits per heavy atom. The number of rotatable bonds is 4. The van der Waals surface area contributed by atoms with Crippen molar-refractivity contribution >= 4 is 44.1 Å². The third kappa shape index (κ3) is 2.90. The molecule has 0 amide bonds. The Bertz CT molecular complexity index is 1010. The van der Waals surface area contributed by atoms with E-state index in [-0.39, 0.29) is 4.90 Å². The van der Waals surface area contributed by atoms with Crippen LogP contribution in [0.2, 0.25) is 5.02 Å². The fourth-order valence-electron chi connectivity index (χ4n) is 2.33. The number of sulfonamides is 1. The first-order valence-corrected chi connectivity index (χ1v) is 8.86. The van der Waals surface area contributed by atoms with Gasteiger partial charge in [0.15, 0.2) is 0 Å². The molecule has 0 saturated carbocycles. The van der Waals surface area contributed by atoms with E-state index in [1.54, 1.807) is 44.1 Å². The zero-order valence-corrected chi connectivity index (χ0v) is 14.8. The van der Waals surface area contributed by atoms with E-state index in [2.05, 4.69) is 14.9 Å².